The summed E-state index contributed by atoms with van der Waals surface area (Å²) in [5, 5.41) is 10.1. The molecule has 0 spiro atoms. The summed E-state index contributed by atoms with van der Waals surface area (Å²) in [5.74, 6) is 0.0302. The molecule has 1 aliphatic heterocycles. The van der Waals surface area contributed by atoms with E-state index in [1.54, 1.807) is 4.90 Å². The van der Waals surface area contributed by atoms with Gasteiger partial charge < -0.3 is 10.0 Å². The number of nitrogens with zero attached hydrogens (tertiary/aromatic N) is 1. The van der Waals surface area contributed by atoms with E-state index in [2.05, 4.69) is 6.07 Å². The predicted octanol–water partition coefficient (Wildman–Crippen LogP) is 2.29. The van der Waals surface area contributed by atoms with Crippen LogP contribution in [0.1, 0.15) is 41.3 Å². The average Bonchev–Trinajstić information content (AvgIpc) is 2.23. The van der Waals surface area contributed by atoms with Gasteiger partial charge in [-0.1, -0.05) is 30.5 Å². The fourth-order valence-corrected chi connectivity index (χ4v) is 2.71. The molecule has 0 radical (unpaired) electrons. The normalized spacial score (nSPS) is 17.4. The highest BCUT2D eigenvalue weighted by Crippen LogP contribution is 2.27. The van der Waals surface area contributed by atoms with Gasteiger partial charge in [0.25, 0.3) is 5.91 Å². The molecule has 1 aromatic carbocycles. The Morgan fingerprint density at radius 2 is 1.83 bits per heavy atom. The second kappa shape index (κ2) is 4.73. The van der Waals surface area contributed by atoms with E-state index in [0.717, 1.165) is 29.5 Å². The highest BCUT2D eigenvalue weighted by atomic mass is 16.3. The van der Waals surface area contributed by atoms with Gasteiger partial charge in [-0.15, -0.1) is 0 Å². The summed E-state index contributed by atoms with van der Waals surface area (Å²) in [7, 11) is 0. The quantitative estimate of drug-likeness (QED) is 0.890. The van der Waals surface area contributed by atoms with Crippen LogP contribution in [0.15, 0.2) is 18.2 Å². The van der Waals surface area contributed by atoms with Crippen molar-refractivity contribution in [3.63, 3.8) is 0 Å². The van der Waals surface area contributed by atoms with E-state index in [9.17, 15) is 9.90 Å². The van der Waals surface area contributed by atoms with Crippen molar-refractivity contribution in [2.45, 2.75) is 39.2 Å². The number of carbonyl (C=O) groups excluding carboxylic acids is 1. The fraction of sp³-hybridized carbons (Fsp3) is 0.533. The minimum absolute atomic E-state index is 0.0302. The fourth-order valence-electron chi connectivity index (χ4n) is 2.71. The van der Waals surface area contributed by atoms with Crippen LogP contribution in [-0.2, 0) is 0 Å². The maximum absolute atomic E-state index is 12.2. The number of rotatable bonds is 3. The van der Waals surface area contributed by atoms with E-state index < -0.39 is 5.60 Å². The van der Waals surface area contributed by atoms with Crippen molar-refractivity contribution in [3.8, 4) is 0 Å². The first kappa shape index (κ1) is 13.1. The summed E-state index contributed by atoms with van der Waals surface area (Å²) in [4.78, 5) is 14.0. The van der Waals surface area contributed by atoms with Crippen molar-refractivity contribution in [2.75, 3.05) is 13.1 Å². The molecular weight excluding hydrogens is 226 g/mol. The Morgan fingerprint density at radius 1 is 1.28 bits per heavy atom. The maximum atomic E-state index is 12.2. The molecule has 1 aliphatic rings. The Hall–Kier alpha value is -1.35. The van der Waals surface area contributed by atoms with Gasteiger partial charge in [-0.3, -0.25) is 4.79 Å². The lowest BCUT2D eigenvalue weighted by atomic mass is 9.88. The minimum atomic E-state index is -0.650. The summed E-state index contributed by atoms with van der Waals surface area (Å²) in [6.45, 7) is 6.96. The van der Waals surface area contributed by atoms with Gasteiger partial charge in [0.15, 0.2) is 0 Å². The summed E-state index contributed by atoms with van der Waals surface area (Å²) in [6, 6.07) is 5.87. The van der Waals surface area contributed by atoms with Crippen molar-refractivity contribution in [3.05, 3.63) is 34.9 Å². The number of amides is 1. The third kappa shape index (κ3) is 2.56. The molecule has 0 aliphatic carbocycles. The van der Waals surface area contributed by atoms with Crippen LogP contribution >= 0.6 is 0 Å². The molecule has 2 rings (SSSR count). The SMILES string of the molecule is CCCC1(O)CN(C(=O)c2cc(C)cc(C)c2)C1. The van der Waals surface area contributed by atoms with Gasteiger partial charge in [0, 0.05) is 5.56 Å². The van der Waals surface area contributed by atoms with Crippen LogP contribution in [0.5, 0.6) is 0 Å². The maximum Gasteiger partial charge on any atom is 0.254 e. The number of carbonyl (C=O) groups is 1. The summed E-state index contributed by atoms with van der Waals surface area (Å²) in [5.41, 5.74) is 2.28. The Morgan fingerprint density at radius 3 is 2.33 bits per heavy atom. The van der Waals surface area contributed by atoms with Crippen molar-refractivity contribution >= 4 is 5.91 Å². The van der Waals surface area contributed by atoms with Gasteiger partial charge in [0.2, 0.25) is 0 Å². The molecule has 0 aromatic heterocycles. The van der Waals surface area contributed by atoms with E-state index in [1.807, 2.05) is 32.9 Å². The van der Waals surface area contributed by atoms with Gasteiger partial charge >= 0.3 is 0 Å². The largest absolute Gasteiger partial charge is 0.386 e. The molecule has 0 unspecified atom stereocenters. The molecule has 3 nitrogen and oxygen atoms in total. The van der Waals surface area contributed by atoms with Crippen LogP contribution in [0.4, 0.5) is 0 Å². The molecule has 0 bridgehead atoms. The number of β-amino-alcohol motifs (C(OH)–C–C–N with tert-alkyl or cyclic N) is 1. The molecule has 98 valence electrons. The van der Waals surface area contributed by atoms with Gasteiger partial charge in [-0.05, 0) is 32.4 Å². The Balaban J connectivity index is 2.06. The van der Waals surface area contributed by atoms with E-state index in [4.69, 9.17) is 0 Å². The van der Waals surface area contributed by atoms with Crippen molar-refractivity contribution < 1.29 is 9.90 Å². The van der Waals surface area contributed by atoms with Gasteiger partial charge in [0.05, 0.1) is 18.7 Å². The molecule has 18 heavy (non-hydrogen) atoms. The Labute approximate surface area is 108 Å². The second-order valence-corrected chi connectivity index (χ2v) is 5.51. The molecular formula is C15H21NO2. The molecule has 1 N–H and O–H groups in total. The molecule has 1 saturated heterocycles. The first-order valence-electron chi connectivity index (χ1n) is 6.53. The van der Waals surface area contributed by atoms with Crippen LogP contribution < -0.4 is 0 Å². The third-order valence-electron chi connectivity index (χ3n) is 3.44. The third-order valence-corrected chi connectivity index (χ3v) is 3.44. The van der Waals surface area contributed by atoms with Crippen LogP contribution in [0.2, 0.25) is 0 Å². The topological polar surface area (TPSA) is 40.5 Å². The highest BCUT2D eigenvalue weighted by molar-refractivity contribution is 5.95. The number of benzene rings is 1. The molecule has 0 atom stereocenters. The Kier molecular flexibility index (Phi) is 3.44. The zero-order valence-electron chi connectivity index (χ0n) is 11.4. The molecule has 1 heterocycles. The Bertz CT molecular complexity index is 441. The van der Waals surface area contributed by atoms with E-state index in [0.29, 0.717) is 13.1 Å². The van der Waals surface area contributed by atoms with Gasteiger partial charge in [-0.2, -0.15) is 0 Å². The monoisotopic (exact) mass is 247 g/mol. The molecule has 3 heteroatoms. The van der Waals surface area contributed by atoms with Crippen LogP contribution in [0.3, 0.4) is 0 Å². The zero-order valence-corrected chi connectivity index (χ0v) is 11.4. The number of likely N-dealkylation sites (tertiary alicyclic amines) is 1. The smallest absolute Gasteiger partial charge is 0.254 e. The highest BCUT2D eigenvalue weighted by Gasteiger charge is 2.42. The predicted molar refractivity (Wildman–Crippen MR) is 71.7 cm³/mol. The minimum Gasteiger partial charge on any atom is -0.386 e. The molecule has 1 aromatic rings. The molecule has 1 amide bonds. The van der Waals surface area contributed by atoms with E-state index >= 15 is 0 Å². The second-order valence-electron chi connectivity index (χ2n) is 5.51. The van der Waals surface area contributed by atoms with E-state index in [1.165, 1.54) is 0 Å². The van der Waals surface area contributed by atoms with Crippen molar-refractivity contribution in [2.24, 2.45) is 0 Å². The van der Waals surface area contributed by atoms with Crippen LogP contribution in [0, 0.1) is 13.8 Å². The van der Waals surface area contributed by atoms with Crippen LogP contribution in [-0.4, -0.2) is 34.6 Å². The van der Waals surface area contributed by atoms with Crippen molar-refractivity contribution in [1.82, 2.24) is 4.90 Å². The van der Waals surface area contributed by atoms with Gasteiger partial charge in [0.1, 0.15) is 0 Å². The first-order chi connectivity index (χ1) is 8.43. The standard InChI is InChI=1S/C15H21NO2/c1-4-5-15(18)9-16(10-15)14(17)13-7-11(2)6-12(3)8-13/h6-8,18H,4-5,9-10H2,1-3H3. The first-order valence-corrected chi connectivity index (χ1v) is 6.53. The number of hydrogen-bond donors (Lipinski definition) is 1. The lowest BCUT2D eigenvalue weighted by Crippen LogP contribution is -2.63. The van der Waals surface area contributed by atoms with Gasteiger partial charge in [-0.25, -0.2) is 0 Å². The van der Waals surface area contributed by atoms with Crippen molar-refractivity contribution in [1.29, 1.82) is 0 Å². The number of aliphatic hydroxyl groups is 1. The molecule has 1 fully saturated rings. The van der Waals surface area contributed by atoms with E-state index in [-0.39, 0.29) is 5.91 Å². The molecule has 0 saturated carbocycles. The zero-order chi connectivity index (χ0) is 13.3. The summed E-state index contributed by atoms with van der Waals surface area (Å²) in [6.07, 6.45) is 1.71. The lowest BCUT2D eigenvalue weighted by molar-refractivity contribution is -0.0860. The summed E-state index contributed by atoms with van der Waals surface area (Å²) < 4.78 is 0. The number of hydrogen-bond acceptors (Lipinski definition) is 2. The van der Waals surface area contributed by atoms with Crippen LogP contribution in [0.25, 0.3) is 0 Å². The number of aryl methyl sites for hydroxylation is 2. The summed E-state index contributed by atoms with van der Waals surface area (Å²) >= 11 is 0. The lowest BCUT2D eigenvalue weighted by Gasteiger charge is -2.46. The average molecular weight is 247 g/mol.